The van der Waals surface area contributed by atoms with Crippen LogP contribution in [0.4, 0.5) is 11.5 Å². The molecule has 0 amide bonds. The number of pyridine rings is 1. The third-order valence-electron chi connectivity index (χ3n) is 1.96. The van der Waals surface area contributed by atoms with Gasteiger partial charge in [-0.25, -0.2) is 9.78 Å². The molecule has 0 fully saturated rings. The van der Waals surface area contributed by atoms with Crippen LogP contribution in [0.25, 0.3) is 0 Å². The number of rotatable bonds is 5. The second-order valence-electron chi connectivity index (χ2n) is 3.03. The van der Waals surface area contributed by atoms with Gasteiger partial charge in [-0.1, -0.05) is 0 Å². The summed E-state index contributed by atoms with van der Waals surface area (Å²) in [6.45, 7) is -0.555. The van der Waals surface area contributed by atoms with Gasteiger partial charge < -0.3 is 15.2 Å². The van der Waals surface area contributed by atoms with Crippen LogP contribution in [0.5, 0.6) is 0 Å². The maximum atomic E-state index is 11.2. The lowest BCUT2D eigenvalue weighted by molar-refractivity contribution is -0.384. The largest absolute Gasteiger partial charge is 0.467 e. The van der Waals surface area contributed by atoms with E-state index in [1.165, 1.54) is 18.3 Å². The number of nitro groups is 1. The Hall–Kier alpha value is -2.22. The van der Waals surface area contributed by atoms with Gasteiger partial charge in [-0.3, -0.25) is 10.1 Å². The first-order valence-corrected chi connectivity index (χ1v) is 4.64. The van der Waals surface area contributed by atoms with E-state index in [2.05, 4.69) is 15.0 Å². The molecule has 1 heterocycles. The molecular weight excluding hydrogens is 230 g/mol. The lowest BCUT2D eigenvalue weighted by Gasteiger charge is -2.13. The summed E-state index contributed by atoms with van der Waals surface area (Å²) in [6, 6.07) is 1.55. The molecular formula is C9H11N3O5. The Bertz CT molecular complexity index is 423. The molecule has 0 spiro atoms. The van der Waals surface area contributed by atoms with E-state index in [1.807, 2.05) is 0 Å². The predicted molar refractivity (Wildman–Crippen MR) is 57.4 cm³/mol. The third-order valence-corrected chi connectivity index (χ3v) is 1.96. The maximum Gasteiger partial charge on any atom is 0.330 e. The molecule has 0 radical (unpaired) electrons. The summed E-state index contributed by atoms with van der Waals surface area (Å²) in [7, 11) is 1.15. The minimum absolute atomic E-state index is 0.0954. The first kappa shape index (κ1) is 12.8. The number of methoxy groups -OCH3 is 1. The molecule has 0 saturated carbocycles. The number of carbonyl (C=O) groups is 1. The Balaban J connectivity index is 2.93. The Kier molecular flexibility index (Phi) is 4.35. The molecule has 1 rings (SSSR count). The number of aliphatic hydroxyl groups is 1. The van der Waals surface area contributed by atoms with E-state index in [-0.39, 0.29) is 11.5 Å². The van der Waals surface area contributed by atoms with Gasteiger partial charge in [0.15, 0.2) is 0 Å². The van der Waals surface area contributed by atoms with Gasteiger partial charge in [0.1, 0.15) is 6.04 Å². The van der Waals surface area contributed by atoms with Crippen molar-refractivity contribution in [3.05, 3.63) is 28.4 Å². The van der Waals surface area contributed by atoms with Gasteiger partial charge in [0.25, 0.3) is 0 Å². The van der Waals surface area contributed by atoms with Crippen LogP contribution >= 0.6 is 0 Å². The van der Waals surface area contributed by atoms with Gasteiger partial charge in [0.2, 0.25) is 5.82 Å². The molecule has 0 aliphatic rings. The highest BCUT2D eigenvalue weighted by Gasteiger charge is 2.22. The highest BCUT2D eigenvalue weighted by molar-refractivity contribution is 5.79. The van der Waals surface area contributed by atoms with Crippen LogP contribution in [0.2, 0.25) is 0 Å². The molecule has 1 aromatic heterocycles. The molecule has 8 nitrogen and oxygen atoms in total. The number of ether oxygens (including phenoxy) is 1. The average Bonchev–Trinajstić information content (AvgIpc) is 2.35. The lowest BCUT2D eigenvalue weighted by Crippen LogP contribution is -2.34. The second-order valence-corrected chi connectivity index (χ2v) is 3.03. The zero-order valence-corrected chi connectivity index (χ0v) is 8.99. The SMILES string of the molecule is COC(=O)C(CO)Nc1ncccc1[N+](=O)[O-]. The van der Waals surface area contributed by atoms with E-state index in [0.717, 1.165) is 7.11 Å². The van der Waals surface area contributed by atoms with E-state index in [4.69, 9.17) is 5.11 Å². The van der Waals surface area contributed by atoms with Gasteiger partial charge in [-0.05, 0) is 6.07 Å². The number of hydrogen-bond acceptors (Lipinski definition) is 7. The van der Waals surface area contributed by atoms with Gasteiger partial charge >= 0.3 is 11.7 Å². The molecule has 92 valence electrons. The molecule has 1 atom stereocenters. The smallest absolute Gasteiger partial charge is 0.330 e. The summed E-state index contributed by atoms with van der Waals surface area (Å²) >= 11 is 0. The fourth-order valence-electron chi connectivity index (χ4n) is 1.14. The van der Waals surface area contributed by atoms with Gasteiger partial charge in [0.05, 0.1) is 18.6 Å². The minimum Gasteiger partial charge on any atom is -0.467 e. The number of anilines is 1. The summed E-state index contributed by atoms with van der Waals surface area (Å²) in [6.07, 6.45) is 1.33. The van der Waals surface area contributed by atoms with Gasteiger partial charge in [-0.2, -0.15) is 0 Å². The molecule has 0 aromatic carbocycles. The summed E-state index contributed by atoms with van der Waals surface area (Å²) in [5.74, 6) is -0.825. The number of aromatic nitrogens is 1. The number of aliphatic hydroxyl groups excluding tert-OH is 1. The quantitative estimate of drug-likeness (QED) is 0.421. The van der Waals surface area contributed by atoms with E-state index >= 15 is 0 Å². The van der Waals surface area contributed by atoms with Crippen LogP contribution in [-0.4, -0.2) is 40.7 Å². The van der Waals surface area contributed by atoms with Crippen LogP contribution in [-0.2, 0) is 9.53 Å². The van der Waals surface area contributed by atoms with Crippen molar-refractivity contribution < 1.29 is 19.6 Å². The normalized spacial score (nSPS) is 11.6. The van der Waals surface area contributed by atoms with E-state index in [0.29, 0.717) is 0 Å². The van der Waals surface area contributed by atoms with Crippen LogP contribution in [0.1, 0.15) is 0 Å². The van der Waals surface area contributed by atoms with Crippen molar-refractivity contribution in [1.29, 1.82) is 0 Å². The predicted octanol–water partition coefficient (Wildman–Crippen LogP) is -0.0644. The van der Waals surface area contributed by atoms with Gasteiger partial charge in [-0.15, -0.1) is 0 Å². The van der Waals surface area contributed by atoms with Crippen LogP contribution in [0.15, 0.2) is 18.3 Å². The summed E-state index contributed by atoms with van der Waals surface area (Å²) in [4.78, 5) is 25.0. The summed E-state index contributed by atoms with van der Waals surface area (Å²) in [5, 5.41) is 22.1. The molecule has 2 N–H and O–H groups in total. The summed E-state index contributed by atoms with van der Waals surface area (Å²) in [5.41, 5.74) is -0.283. The maximum absolute atomic E-state index is 11.2. The molecule has 0 bridgehead atoms. The minimum atomic E-state index is -1.09. The molecule has 8 heteroatoms. The van der Waals surface area contributed by atoms with Crippen LogP contribution in [0.3, 0.4) is 0 Å². The molecule has 1 unspecified atom stereocenters. The van der Waals surface area contributed by atoms with Crippen molar-refractivity contribution in [1.82, 2.24) is 4.98 Å². The number of carbonyl (C=O) groups excluding carboxylic acids is 1. The topological polar surface area (TPSA) is 115 Å². The van der Waals surface area contributed by atoms with Crippen molar-refractivity contribution in [2.24, 2.45) is 0 Å². The lowest BCUT2D eigenvalue weighted by atomic mass is 10.3. The molecule has 0 aliphatic carbocycles. The second kappa shape index (κ2) is 5.75. The highest BCUT2D eigenvalue weighted by Crippen LogP contribution is 2.20. The van der Waals surface area contributed by atoms with E-state index < -0.39 is 23.5 Å². The molecule has 0 aliphatic heterocycles. The first-order chi connectivity index (χ1) is 8.10. The Morgan fingerprint density at radius 1 is 1.76 bits per heavy atom. The number of hydrogen-bond donors (Lipinski definition) is 2. The van der Waals surface area contributed by atoms with E-state index in [9.17, 15) is 14.9 Å². The van der Waals surface area contributed by atoms with Crippen molar-refractivity contribution in [2.75, 3.05) is 19.0 Å². The average molecular weight is 241 g/mol. The van der Waals surface area contributed by atoms with Crippen LogP contribution in [0, 0.1) is 10.1 Å². The van der Waals surface area contributed by atoms with Crippen molar-refractivity contribution in [3.63, 3.8) is 0 Å². The van der Waals surface area contributed by atoms with E-state index in [1.54, 1.807) is 0 Å². The van der Waals surface area contributed by atoms with Crippen molar-refractivity contribution >= 4 is 17.5 Å². The molecule has 0 saturated heterocycles. The van der Waals surface area contributed by atoms with Gasteiger partial charge in [0, 0.05) is 12.3 Å². The Morgan fingerprint density at radius 2 is 2.47 bits per heavy atom. The monoisotopic (exact) mass is 241 g/mol. The number of nitrogens with one attached hydrogen (secondary N) is 1. The number of esters is 1. The summed E-state index contributed by atoms with van der Waals surface area (Å²) < 4.78 is 4.42. The van der Waals surface area contributed by atoms with Crippen molar-refractivity contribution in [3.8, 4) is 0 Å². The zero-order valence-electron chi connectivity index (χ0n) is 8.99. The highest BCUT2D eigenvalue weighted by atomic mass is 16.6. The zero-order chi connectivity index (χ0) is 12.8. The van der Waals surface area contributed by atoms with Crippen LogP contribution < -0.4 is 5.32 Å². The first-order valence-electron chi connectivity index (χ1n) is 4.64. The fourth-order valence-corrected chi connectivity index (χ4v) is 1.14. The Labute approximate surface area is 96.4 Å². The van der Waals surface area contributed by atoms with Crippen molar-refractivity contribution in [2.45, 2.75) is 6.04 Å². The molecule has 1 aromatic rings. The third kappa shape index (κ3) is 3.11. The standard InChI is InChI=1S/C9H11N3O5/c1-17-9(14)6(5-13)11-8-7(12(15)16)3-2-4-10-8/h2-4,6,13H,5H2,1H3,(H,10,11). The molecule has 17 heavy (non-hydrogen) atoms. The fraction of sp³-hybridized carbons (Fsp3) is 0.333. The Morgan fingerprint density at radius 3 is 3.00 bits per heavy atom. The number of nitrogens with zero attached hydrogens (tertiary/aromatic N) is 2.